The first-order valence-corrected chi connectivity index (χ1v) is 20.9. The van der Waals surface area contributed by atoms with Crippen molar-refractivity contribution in [1.82, 2.24) is 24.8 Å². The van der Waals surface area contributed by atoms with E-state index in [1.807, 2.05) is 0 Å². The van der Waals surface area contributed by atoms with Gasteiger partial charge in [-0.3, -0.25) is 32.8 Å². The summed E-state index contributed by atoms with van der Waals surface area (Å²) in [5.74, 6) is -2.27. The van der Waals surface area contributed by atoms with Crippen LogP contribution in [0.1, 0.15) is 11.8 Å². The Morgan fingerprint density at radius 3 is 2.33 bits per heavy atom. The number of aryl methyl sites for hydroxylation is 1. The predicted molar refractivity (Wildman–Crippen MR) is 172 cm³/mol. The average molecular weight is 877 g/mol. The van der Waals surface area contributed by atoms with Crippen molar-refractivity contribution >= 4 is 58.3 Å². The zero-order chi connectivity index (χ0) is 39.0. The molecule has 2 fully saturated rings. The zero-order valence-corrected chi connectivity index (χ0v) is 36.3. The smallest absolute Gasteiger partial charge is 0.756 e. The molecule has 0 bridgehead atoms. The number of nitrogen functional groups attached to an aromatic ring is 1. The number of ether oxygens (including phenoxy) is 2. The van der Waals surface area contributed by atoms with Crippen LogP contribution in [-0.2, 0) is 45.6 Å². The SMILES string of the molecule is Cc1ccc(S(=O)(=O)SCC(=O)NC2C(OP(=O)([O-])OP(=O)([O-])OCC3OC(n4cnc5c(=O)[nH]c(N)nc54)C(O)C3O)OC(CO)C(O)C2O)cc1.[Na+].[Na+]. The van der Waals surface area contributed by atoms with Crippen LogP contribution in [0.4, 0.5) is 5.95 Å². The standard InChI is InChI=1S/C25H34N6O18P2S2.2Na/c1-10-2-4-11(5-3-10)53(43,44)52-8-14(33)28-15-19(36)17(34)12(6-32)47-24(15)48-51(41,42)49-50(39,40)45-7-13-18(35)20(37)23(46-13)31-9-27-16-21(31)29-25(26)30-22(16)38;;/h2-5,9,12-13,15,17-20,23-24,32,34-37H,6-8H2,1H3,(H,28,33)(H,39,40)(H,41,42)(H3,26,29,30,38);;/q;2*+1/p-2. The van der Waals surface area contributed by atoms with E-state index >= 15 is 0 Å². The van der Waals surface area contributed by atoms with E-state index in [2.05, 4.69) is 33.6 Å². The Morgan fingerprint density at radius 1 is 1.05 bits per heavy atom. The van der Waals surface area contributed by atoms with Crippen LogP contribution in [0.15, 0.2) is 40.3 Å². The number of aliphatic hydroxyl groups excluding tert-OH is 5. The van der Waals surface area contributed by atoms with Crippen molar-refractivity contribution in [3.05, 3.63) is 46.5 Å². The summed E-state index contributed by atoms with van der Waals surface area (Å²) >= 11 is 0. The van der Waals surface area contributed by atoms with Gasteiger partial charge in [0.2, 0.25) is 20.7 Å². The summed E-state index contributed by atoms with van der Waals surface area (Å²) in [5, 5.41) is 53.5. The maximum absolute atomic E-state index is 12.7. The van der Waals surface area contributed by atoms with E-state index in [4.69, 9.17) is 15.2 Å². The Balaban J connectivity index is 0.00000406. The molecule has 11 unspecified atom stereocenters. The molecule has 1 amide bonds. The summed E-state index contributed by atoms with van der Waals surface area (Å²) in [4.78, 5) is 59.9. The number of benzene rings is 1. The van der Waals surface area contributed by atoms with Gasteiger partial charge in [0.25, 0.3) is 21.2 Å². The first-order chi connectivity index (χ1) is 24.7. The van der Waals surface area contributed by atoms with E-state index in [0.29, 0.717) is 0 Å². The number of aromatic nitrogens is 4. The Labute approximate surface area is 358 Å². The van der Waals surface area contributed by atoms with Crippen LogP contribution >= 0.6 is 26.4 Å². The summed E-state index contributed by atoms with van der Waals surface area (Å²) in [6.45, 7) is -0.457. The molecule has 11 atom stereocenters. The van der Waals surface area contributed by atoms with Crippen LogP contribution in [0.5, 0.6) is 0 Å². The number of imidazole rings is 1. The van der Waals surface area contributed by atoms with E-state index in [9.17, 15) is 62.5 Å². The number of phosphoric ester groups is 2. The molecule has 24 nitrogen and oxygen atoms in total. The molecule has 9 N–H and O–H groups in total. The maximum atomic E-state index is 12.7. The third-order valence-corrected chi connectivity index (χ3v) is 13.7. The van der Waals surface area contributed by atoms with Gasteiger partial charge in [-0.05, 0) is 29.9 Å². The second-order valence-electron chi connectivity index (χ2n) is 11.5. The van der Waals surface area contributed by atoms with E-state index in [-0.39, 0.29) is 91.9 Å². The molecule has 55 heavy (non-hydrogen) atoms. The third-order valence-electron chi connectivity index (χ3n) is 7.76. The molecule has 2 aliphatic heterocycles. The molecule has 30 heteroatoms. The fraction of sp³-hybridized carbons (Fsp3) is 0.520. The van der Waals surface area contributed by atoms with Gasteiger partial charge in [-0.2, -0.15) is 4.98 Å². The number of carbonyl (C=O) groups excluding carboxylic acids is 1. The van der Waals surface area contributed by atoms with Gasteiger partial charge in [0.05, 0.1) is 30.2 Å². The first kappa shape index (κ1) is 48.5. The minimum Gasteiger partial charge on any atom is -0.756 e. The molecular formula is C25H32N6Na2O18P2S2. The number of aromatic amines is 1. The fourth-order valence-electron chi connectivity index (χ4n) is 5.14. The van der Waals surface area contributed by atoms with Crippen LogP contribution in [0, 0.1) is 6.92 Å². The van der Waals surface area contributed by atoms with E-state index in [1.54, 1.807) is 6.92 Å². The number of nitrogens with zero attached hydrogens (tertiary/aromatic N) is 3. The van der Waals surface area contributed by atoms with Crippen molar-refractivity contribution in [1.29, 1.82) is 0 Å². The second kappa shape index (κ2) is 19.5. The number of carbonyl (C=O) groups is 1. The third kappa shape index (κ3) is 11.7. The molecule has 0 radical (unpaired) electrons. The van der Waals surface area contributed by atoms with Crippen molar-refractivity contribution in [3.8, 4) is 0 Å². The molecule has 2 aliphatic rings. The van der Waals surface area contributed by atoms with Gasteiger partial charge in [-0.15, -0.1) is 0 Å². The normalized spacial score (nSPS) is 29.1. The maximum Gasteiger partial charge on any atom is 1.00 e. The monoisotopic (exact) mass is 876 g/mol. The zero-order valence-electron chi connectivity index (χ0n) is 28.9. The summed E-state index contributed by atoms with van der Waals surface area (Å²) in [6, 6.07) is 3.64. The number of hydrogen-bond donors (Lipinski definition) is 8. The van der Waals surface area contributed by atoms with E-state index in [1.165, 1.54) is 24.3 Å². The Kier molecular flexibility index (Phi) is 17.2. The number of phosphoric acid groups is 2. The summed E-state index contributed by atoms with van der Waals surface area (Å²) in [7, 11) is -16.0. The number of aliphatic hydroxyl groups is 5. The minimum absolute atomic E-state index is 0. The van der Waals surface area contributed by atoms with Crippen LogP contribution in [0.25, 0.3) is 11.2 Å². The summed E-state index contributed by atoms with van der Waals surface area (Å²) in [5.41, 5.74) is 5.20. The summed E-state index contributed by atoms with van der Waals surface area (Å²) < 4.78 is 75.4. The number of nitrogens with two attached hydrogens (primary N) is 1. The number of H-pyrrole nitrogens is 1. The quantitative estimate of drug-likeness (QED) is 0.0423. The molecule has 0 saturated carbocycles. The molecule has 3 aromatic rings. The van der Waals surface area contributed by atoms with E-state index in [0.717, 1.165) is 16.5 Å². The first-order valence-electron chi connectivity index (χ1n) is 15.0. The van der Waals surface area contributed by atoms with Crippen molar-refractivity contribution in [2.24, 2.45) is 0 Å². The Hall–Kier alpha value is -0.880. The largest absolute Gasteiger partial charge is 1.00 e. The van der Waals surface area contributed by atoms with Gasteiger partial charge < -0.3 is 60.4 Å². The van der Waals surface area contributed by atoms with Crippen molar-refractivity contribution in [2.75, 3.05) is 24.7 Å². The van der Waals surface area contributed by atoms with Gasteiger partial charge in [0.1, 0.15) is 42.7 Å². The molecule has 0 spiro atoms. The molecule has 294 valence electrons. The van der Waals surface area contributed by atoms with Gasteiger partial charge >= 0.3 is 59.1 Å². The van der Waals surface area contributed by atoms with Crippen molar-refractivity contribution < 1.29 is 140 Å². The number of amides is 1. The molecule has 1 aromatic carbocycles. The molecule has 2 saturated heterocycles. The number of nitrogens with one attached hydrogen (secondary N) is 2. The molecule has 5 rings (SSSR count). The number of hydrogen-bond acceptors (Lipinski definition) is 22. The molecular weight excluding hydrogens is 844 g/mol. The number of anilines is 1. The number of fused-ring (bicyclic) bond motifs is 1. The molecule has 4 heterocycles. The second-order valence-corrected chi connectivity index (χ2v) is 18.4. The Bertz CT molecular complexity index is 2080. The van der Waals surface area contributed by atoms with Gasteiger partial charge in [0, 0.05) is 0 Å². The Morgan fingerprint density at radius 2 is 1.69 bits per heavy atom. The topological polar surface area (TPSA) is 380 Å². The van der Waals surface area contributed by atoms with Crippen molar-refractivity contribution in [3.63, 3.8) is 0 Å². The minimum atomic E-state index is -6.13. The average Bonchev–Trinajstić information content (AvgIpc) is 3.62. The van der Waals surface area contributed by atoms with Gasteiger partial charge in [-0.25, -0.2) is 17.7 Å². The van der Waals surface area contributed by atoms with Gasteiger partial charge in [-0.1, -0.05) is 17.7 Å². The fourth-order valence-corrected chi connectivity index (χ4v) is 9.71. The number of rotatable bonds is 14. The molecule has 2 aromatic heterocycles. The molecule has 0 aliphatic carbocycles. The van der Waals surface area contributed by atoms with Crippen LogP contribution in [0.2, 0.25) is 0 Å². The van der Waals surface area contributed by atoms with Gasteiger partial charge in [0.15, 0.2) is 23.7 Å². The predicted octanol–water partition coefficient (Wildman–Crippen LogP) is -10.3. The van der Waals surface area contributed by atoms with Crippen LogP contribution in [0.3, 0.4) is 0 Å². The summed E-state index contributed by atoms with van der Waals surface area (Å²) in [6.07, 6.45) is -14.0. The van der Waals surface area contributed by atoms with Crippen LogP contribution < -0.4 is 85.5 Å². The van der Waals surface area contributed by atoms with Crippen molar-refractivity contribution in [2.45, 2.75) is 67.0 Å². The van der Waals surface area contributed by atoms with E-state index < -0.39 is 110 Å². The van der Waals surface area contributed by atoms with Crippen LogP contribution in [-0.4, -0.2) is 127 Å².